The fraction of sp³-hybridized carbons (Fsp3) is 0.617. The molecule has 1 unspecified atom stereocenters. The van der Waals surface area contributed by atoms with Gasteiger partial charge in [0, 0.05) is 39.3 Å². The van der Waals surface area contributed by atoms with Gasteiger partial charge >= 0.3 is 12.1 Å². The Morgan fingerprint density at radius 3 is 1.65 bits per heavy atom. The molecule has 16 nitrogen and oxygen atoms in total. The van der Waals surface area contributed by atoms with Crippen LogP contribution in [-0.4, -0.2) is 137 Å². The van der Waals surface area contributed by atoms with E-state index in [0.29, 0.717) is 39.0 Å². The molecule has 2 aromatic heterocycles. The smallest absolute Gasteiger partial charge is 0.318 e. The summed E-state index contributed by atoms with van der Waals surface area (Å²) in [5, 5.41) is 25.8. The van der Waals surface area contributed by atoms with E-state index in [1.807, 2.05) is 49.9 Å². The van der Waals surface area contributed by atoms with Gasteiger partial charge in [-0.05, 0) is 91.7 Å². The highest BCUT2D eigenvalue weighted by Crippen LogP contribution is 2.42. The van der Waals surface area contributed by atoms with Gasteiger partial charge < -0.3 is 50.4 Å². The van der Waals surface area contributed by atoms with Crippen LogP contribution >= 0.6 is 0 Å². The van der Waals surface area contributed by atoms with Crippen LogP contribution in [0.15, 0.2) is 42.7 Å². The van der Waals surface area contributed by atoms with Crippen LogP contribution in [0.4, 0.5) is 9.59 Å². The molecule has 340 valence electrons. The number of urea groups is 2. The first-order valence-corrected chi connectivity index (χ1v) is 23.2. The van der Waals surface area contributed by atoms with Gasteiger partial charge in [0.1, 0.15) is 23.7 Å². The number of aromatic nitrogens is 4. The first-order chi connectivity index (χ1) is 30.2. The zero-order chi connectivity index (χ0) is 44.6. The van der Waals surface area contributed by atoms with Crippen molar-refractivity contribution in [2.24, 2.45) is 11.8 Å². The zero-order valence-electron chi connectivity index (χ0n) is 37.5. The molecule has 8 rings (SSSR count). The maximum absolute atomic E-state index is 14.0. The SMILES string of the molecule is CC(C)[C@H](NC(=O)N1CC[C@@H](O)C1)C(=O)N1CCC[C@H]1c1ncc(C2=CCC(C)(c3ccc(-c4cnc([C@@H]5CCCN5C(=O)[C@@H](NC(=O)N5CC[C@@H](O)C5)C(C)C)[nH]4)cc3)CC2)[nH]1. The summed E-state index contributed by atoms with van der Waals surface area (Å²) in [5.41, 5.74) is 5.31. The van der Waals surface area contributed by atoms with Crippen LogP contribution in [0.25, 0.3) is 16.8 Å². The molecule has 4 aliphatic heterocycles. The Morgan fingerprint density at radius 1 is 0.714 bits per heavy atom. The van der Waals surface area contributed by atoms with E-state index < -0.39 is 24.3 Å². The number of allylic oxidation sites excluding steroid dienone is 2. The number of benzene rings is 1. The van der Waals surface area contributed by atoms with Gasteiger partial charge in [-0.1, -0.05) is 65.0 Å². The first kappa shape index (κ1) is 44.4. The molecule has 6 N–H and O–H groups in total. The molecule has 16 heteroatoms. The van der Waals surface area contributed by atoms with Crippen molar-refractivity contribution in [1.82, 2.24) is 50.2 Å². The van der Waals surface area contributed by atoms with Gasteiger partial charge in [-0.15, -0.1) is 0 Å². The van der Waals surface area contributed by atoms with E-state index >= 15 is 0 Å². The number of imidazole rings is 2. The van der Waals surface area contributed by atoms with E-state index in [4.69, 9.17) is 9.97 Å². The minimum atomic E-state index is -0.676. The van der Waals surface area contributed by atoms with Gasteiger partial charge in [0.15, 0.2) is 0 Å². The van der Waals surface area contributed by atoms with E-state index in [2.05, 4.69) is 57.9 Å². The molecule has 0 spiro atoms. The number of aromatic amines is 2. The molecular weight excluding hydrogens is 801 g/mol. The summed E-state index contributed by atoms with van der Waals surface area (Å²) in [6.07, 6.45) is 12.1. The number of hydrogen-bond acceptors (Lipinski definition) is 8. The molecule has 6 heterocycles. The molecule has 0 bridgehead atoms. The van der Waals surface area contributed by atoms with Crippen molar-refractivity contribution in [3.8, 4) is 11.3 Å². The summed E-state index contributed by atoms with van der Waals surface area (Å²) in [7, 11) is 0. The Morgan fingerprint density at radius 2 is 1.21 bits per heavy atom. The molecule has 63 heavy (non-hydrogen) atoms. The normalized spacial score (nSPS) is 26.1. The maximum atomic E-state index is 14.0. The minimum absolute atomic E-state index is 0.0518. The number of likely N-dealkylation sites (tertiary alicyclic amines) is 4. The highest BCUT2D eigenvalue weighted by atomic mass is 16.3. The van der Waals surface area contributed by atoms with E-state index in [0.717, 1.165) is 73.5 Å². The summed E-state index contributed by atoms with van der Waals surface area (Å²) in [5.74, 6) is 1.09. The Hall–Kier alpha value is -5.22. The molecule has 1 aromatic carbocycles. The second-order valence-corrected chi connectivity index (χ2v) is 19.4. The molecular formula is C47H66N10O6. The van der Waals surface area contributed by atoms with Crippen LogP contribution < -0.4 is 10.6 Å². The van der Waals surface area contributed by atoms with Crippen molar-refractivity contribution in [1.29, 1.82) is 0 Å². The van der Waals surface area contributed by atoms with Gasteiger partial charge in [0.2, 0.25) is 11.8 Å². The number of carbonyl (C=O) groups is 4. The Bertz CT molecular complexity index is 2170. The number of hydrogen-bond donors (Lipinski definition) is 6. The number of nitrogens with one attached hydrogen (secondary N) is 4. The summed E-state index contributed by atoms with van der Waals surface area (Å²) >= 11 is 0. The summed E-state index contributed by atoms with van der Waals surface area (Å²) in [6, 6.07) is 6.32. The third-order valence-corrected chi connectivity index (χ3v) is 14.2. The molecule has 0 radical (unpaired) electrons. The lowest BCUT2D eigenvalue weighted by molar-refractivity contribution is -0.136. The van der Waals surface area contributed by atoms with Gasteiger partial charge in [0.25, 0.3) is 0 Å². The standard InChI is InChI=1S/C47H66N10O6/c1-28(2)39(52-45(62)54-22-16-33(58)26-54)43(60)56-20-6-8-37(56)41-48-24-35(50-41)30-10-12-32(13-11-30)47(5)18-14-31(15-19-47)36-25-49-42(51-36)38-9-7-21-57(38)44(61)40(29(3)4)53-46(63)55-23-17-34(59)27-55/h10-14,24-25,28-29,33-34,37-40,58-59H,6-9,15-23,26-27H2,1-5H3,(H,48,50)(H,49,51)(H,52,62)(H,53,63)/t33-,34-,37+,38+,39+,40+,47?/m1/s1. The first-order valence-electron chi connectivity index (χ1n) is 23.2. The number of rotatable bonds is 11. The molecule has 3 aromatic rings. The Kier molecular flexibility index (Phi) is 13.0. The van der Waals surface area contributed by atoms with Crippen LogP contribution in [0.1, 0.15) is 127 Å². The molecule has 4 saturated heterocycles. The Balaban J connectivity index is 0.882. The van der Waals surface area contributed by atoms with E-state index in [1.165, 1.54) is 11.1 Å². The lowest BCUT2D eigenvalue weighted by atomic mass is 9.71. The number of nitrogens with zero attached hydrogens (tertiary/aromatic N) is 6. The summed E-state index contributed by atoms with van der Waals surface area (Å²) < 4.78 is 0. The quantitative estimate of drug-likeness (QED) is 0.150. The fourth-order valence-electron chi connectivity index (χ4n) is 10.2. The molecule has 0 saturated carbocycles. The van der Waals surface area contributed by atoms with Crippen molar-refractivity contribution in [2.75, 3.05) is 39.3 Å². The van der Waals surface area contributed by atoms with Crippen LogP contribution in [0.3, 0.4) is 0 Å². The van der Waals surface area contributed by atoms with E-state index in [9.17, 15) is 29.4 Å². The van der Waals surface area contributed by atoms with E-state index in [1.54, 1.807) is 9.80 Å². The fourth-order valence-corrected chi connectivity index (χ4v) is 10.2. The monoisotopic (exact) mass is 867 g/mol. The highest BCUT2D eigenvalue weighted by Gasteiger charge is 2.41. The number of carbonyl (C=O) groups excluding carboxylic acids is 4. The average Bonchev–Trinajstić information content (AvgIpc) is 4.13. The van der Waals surface area contributed by atoms with Crippen molar-refractivity contribution in [2.45, 2.75) is 134 Å². The molecule has 7 atom stereocenters. The van der Waals surface area contributed by atoms with Crippen LogP contribution in [0.5, 0.6) is 0 Å². The number of β-amino-alcohol motifs (C(OH)–C–C–N with tert-alkyl or cyclic N) is 2. The molecule has 6 amide bonds. The van der Waals surface area contributed by atoms with Crippen molar-refractivity contribution < 1.29 is 29.4 Å². The third-order valence-electron chi connectivity index (χ3n) is 14.2. The summed E-state index contributed by atoms with van der Waals surface area (Å²) in [4.78, 5) is 77.4. The lowest BCUT2D eigenvalue weighted by Crippen LogP contribution is -2.54. The topological polar surface area (TPSA) is 203 Å². The van der Waals surface area contributed by atoms with Gasteiger partial charge in [-0.2, -0.15) is 0 Å². The zero-order valence-corrected chi connectivity index (χ0v) is 37.5. The van der Waals surface area contributed by atoms with Crippen molar-refractivity contribution >= 4 is 29.4 Å². The van der Waals surface area contributed by atoms with Gasteiger partial charge in [-0.25, -0.2) is 19.6 Å². The predicted molar refractivity (Wildman–Crippen MR) is 238 cm³/mol. The van der Waals surface area contributed by atoms with Gasteiger partial charge in [0.05, 0.1) is 48.1 Å². The number of aliphatic hydroxyl groups is 2. The highest BCUT2D eigenvalue weighted by molar-refractivity contribution is 5.89. The van der Waals surface area contributed by atoms with Crippen LogP contribution in [0.2, 0.25) is 0 Å². The Labute approximate surface area is 370 Å². The summed E-state index contributed by atoms with van der Waals surface area (Å²) in [6.45, 7) is 12.8. The predicted octanol–water partition coefficient (Wildman–Crippen LogP) is 5.25. The molecule has 4 fully saturated rings. The largest absolute Gasteiger partial charge is 0.391 e. The second-order valence-electron chi connectivity index (χ2n) is 19.4. The minimum Gasteiger partial charge on any atom is -0.391 e. The van der Waals surface area contributed by atoms with E-state index in [-0.39, 0.29) is 66.3 Å². The van der Waals surface area contributed by atoms with Crippen molar-refractivity contribution in [3.63, 3.8) is 0 Å². The maximum Gasteiger partial charge on any atom is 0.318 e. The molecule has 1 aliphatic carbocycles. The number of amides is 6. The van der Waals surface area contributed by atoms with Crippen LogP contribution in [-0.2, 0) is 15.0 Å². The number of aliphatic hydroxyl groups excluding tert-OH is 2. The second kappa shape index (κ2) is 18.5. The van der Waals surface area contributed by atoms with Gasteiger partial charge in [-0.3, -0.25) is 9.59 Å². The average molecular weight is 867 g/mol. The van der Waals surface area contributed by atoms with Crippen LogP contribution in [0, 0.1) is 11.8 Å². The van der Waals surface area contributed by atoms with Crippen molar-refractivity contribution in [3.05, 3.63) is 65.6 Å². The molecule has 5 aliphatic rings. The lowest BCUT2D eigenvalue weighted by Gasteiger charge is -2.33. The third kappa shape index (κ3) is 9.38. The number of H-pyrrole nitrogens is 2.